The van der Waals surface area contributed by atoms with E-state index in [4.69, 9.17) is 4.74 Å². The van der Waals surface area contributed by atoms with Gasteiger partial charge in [-0.15, -0.1) is 0 Å². The van der Waals surface area contributed by atoms with Crippen molar-refractivity contribution in [3.05, 3.63) is 54.1 Å². The Hall–Kier alpha value is -2.69. The van der Waals surface area contributed by atoms with Gasteiger partial charge in [-0.1, -0.05) is 18.2 Å². The first-order valence-corrected chi connectivity index (χ1v) is 8.09. The van der Waals surface area contributed by atoms with Crippen LogP contribution in [0, 0.1) is 0 Å². The van der Waals surface area contributed by atoms with E-state index >= 15 is 0 Å². The van der Waals surface area contributed by atoms with Crippen molar-refractivity contribution in [1.82, 2.24) is 5.32 Å². The Morgan fingerprint density at radius 2 is 1.96 bits per heavy atom. The maximum Gasteiger partial charge on any atom is 0.217 e. The Kier molecular flexibility index (Phi) is 4.60. The fourth-order valence-corrected chi connectivity index (χ4v) is 2.83. The first-order valence-electron chi connectivity index (χ1n) is 8.09. The van der Waals surface area contributed by atoms with E-state index in [2.05, 4.69) is 10.2 Å². The van der Waals surface area contributed by atoms with Crippen LogP contribution in [-0.4, -0.2) is 30.2 Å². The van der Waals surface area contributed by atoms with E-state index < -0.39 is 0 Å². The highest BCUT2D eigenvalue weighted by Gasteiger charge is 2.28. The summed E-state index contributed by atoms with van der Waals surface area (Å²) in [4.78, 5) is 13.3. The van der Waals surface area contributed by atoms with Crippen LogP contribution < -0.4 is 15.0 Å². The number of hydrogen-bond donors (Lipinski definition) is 2. The minimum atomic E-state index is -0.0377. The lowest BCUT2D eigenvalue weighted by Crippen LogP contribution is -2.54. The maximum atomic E-state index is 11.1. The zero-order valence-corrected chi connectivity index (χ0v) is 13.9. The van der Waals surface area contributed by atoms with E-state index in [1.807, 2.05) is 43.3 Å². The molecule has 0 spiro atoms. The lowest BCUT2D eigenvalue weighted by Gasteiger charge is -2.40. The molecule has 1 aliphatic rings. The van der Waals surface area contributed by atoms with Crippen molar-refractivity contribution in [3.63, 3.8) is 0 Å². The fourth-order valence-electron chi connectivity index (χ4n) is 2.83. The minimum absolute atomic E-state index is 0.0125. The lowest BCUT2D eigenvalue weighted by atomic mass is 10.1. The summed E-state index contributed by atoms with van der Waals surface area (Å²) < 4.78 is 5.96. The highest BCUT2D eigenvalue weighted by atomic mass is 16.5. The van der Waals surface area contributed by atoms with Gasteiger partial charge in [0.15, 0.2) is 0 Å². The molecule has 1 aliphatic heterocycles. The van der Waals surface area contributed by atoms with Gasteiger partial charge in [0.05, 0.1) is 19.1 Å². The number of ether oxygens (including phenoxy) is 1. The van der Waals surface area contributed by atoms with Crippen molar-refractivity contribution in [2.75, 3.05) is 18.0 Å². The number of nitrogens with zero attached hydrogens (tertiary/aromatic N) is 1. The topological polar surface area (TPSA) is 61.8 Å². The summed E-state index contributed by atoms with van der Waals surface area (Å²) >= 11 is 0. The summed E-state index contributed by atoms with van der Waals surface area (Å²) in [7, 11) is 0. The highest BCUT2D eigenvalue weighted by molar-refractivity contribution is 5.73. The lowest BCUT2D eigenvalue weighted by molar-refractivity contribution is -0.119. The van der Waals surface area contributed by atoms with Gasteiger partial charge < -0.3 is 20.1 Å². The Bertz CT molecular complexity index is 709. The number of nitrogens with one attached hydrogen (secondary N) is 1. The number of hydrogen-bond acceptors (Lipinski definition) is 4. The molecule has 1 unspecified atom stereocenters. The Labute approximate surface area is 141 Å². The van der Waals surface area contributed by atoms with Gasteiger partial charge in [0.1, 0.15) is 17.6 Å². The molecule has 5 nitrogen and oxygen atoms in total. The average Bonchev–Trinajstić information content (AvgIpc) is 2.50. The second-order valence-corrected chi connectivity index (χ2v) is 6.16. The molecule has 3 rings (SSSR count). The molecule has 2 N–H and O–H groups in total. The number of amides is 1. The van der Waals surface area contributed by atoms with E-state index in [1.54, 1.807) is 12.1 Å². The third-order valence-electron chi connectivity index (χ3n) is 4.15. The molecule has 0 bridgehead atoms. The number of carbonyl (C=O) groups is 1. The summed E-state index contributed by atoms with van der Waals surface area (Å²) in [6.45, 7) is 5.07. The highest BCUT2D eigenvalue weighted by Crippen LogP contribution is 2.27. The smallest absolute Gasteiger partial charge is 0.217 e. The summed E-state index contributed by atoms with van der Waals surface area (Å²) in [5.74, 6) is 1.07. The van der Waals surface area contributed by atoms with Gasteiger partial charge in [-0.05, 0) is 36.8 Å². The van der Waals surface area contributed by atoms with Crippen molar-refractivity contribution >= 4 is 11.6 Å². The Balaban J connectivity index is 1.52. The van der Waals surface area contributed by atoms with Crippen LogP contribution >= 0.6 is 0 Å². The number of aromatic hydroxyl groups is 1. The molecule has 5 heteroatoms. The van der Waals surface area contributed by atoms with Gasteiger partial charge >= 0.3 is 0 Å². The largest absolute Gasteiger partial charge is 0.508 e. The van der Waals surface area contributed by atoms with Gasteiger partial charge in [-0.25, -0.2) is 0 Å². The molecule has 1 amide bonds. The third kappa shape index (κ3) is 3.79. The zero-order chi connectivity index (χ0) is 17.1. The van der Waals surface area contributed by atoms with E-state index in [-0.39, 0.29) is 23.8 Å². The predicted octanol–water partition coefficient (Wildman–Crippen LogP) is 2.86. The quantitative estimate of drug-likeness (QED) is 0.887. The SMILES string of the molecule is CC(=O)NC(C)c1ccc(OC2CN(c3cccc(O)c3)C2)cc1. The van der Waals surface area contributed by atoms with Gasteiger partial charge in [0, 0.05) is 18.7 Å². The monoisotopic (exact) mass is 326 g/mol. The van der Waals surface area contributed by atoms with Crippen LogP contribution in [-0.2, 0) is 4.79 Å². The predicted molar refractivity (Wildman–Crippen MR) is 93.4 cm³/mol. The minimum Gasteiger partial charge on any atom is -0.508 e. The van der Waals surface area contributed by atoms with E-state index in [0.29, 0.717) is 0 Å². The van der Waals surface area contributed by atoms with Crippen LogP contribution in [0.4, 0.5) is 5.69 Å². The molecule has 1 saturated heterocycles. The molecule has 0 aromatic heterocycles. The number of carbonyl (C=O) groups excluding carboxylic acids is 1. The van der Waals surface area contributed by atoms with E-state index in [1.165, 1.54) is 6.92 Å². The van der Waals surface area contributed by atoms with Gasteiger partial charge in [0.2, 0.25) is 5.91 Å². The summed E-state index contributed by atoms with van der Waals surface area (Å²) in [5.41, 5.74) is 2.06. The summed E-state index contributed by atoms with van der Waals surface area (Å²) in [5, 5.41) is 12.4. The van der Waals surface area contributed by atoms with Gasteiger partial charge in [-0.2, -0.15) is 0 Å². The van der Waals surface area contributed by atoms with Crippen LogP contribution in [0.5, 0.6) is 11.5 Å². The average molecular weight is 326 g/mol. The number of phenolic OH excluding ortho intramolecular Hbond substituents is 1. The van der Waals surface area contributed by atoms with Crippen molar-refractivity contribution in [1.29, 1.82) is 0 Å². The number of phenols is 1. The first-order chi connectivity index (χ1) is 11.5. The third-order valence-corrected chi connectivity index (χ3v) is 4.15. The fraction of sp³-hybridized carbons (Fsp3) is 0.316. The molecule has 2 aromatic rings. The molecule has 0 radical (unpaired) electrons. The van der Waals surface area contributed by atoms with Gasteiger partial charge in [-0.3, -0.25) is 4.79 Å². The van der Waals surface area contributed by atoms with Gasteiger partial charge in [0.25, 0.3) is 0 Å². The van der Waals surface area contributed by atoms with E-state index in [9.17, 15) is 9.90 Å². The molecule has 1 atom stereocenters. The summed E-state index contributed by atoms with van der Waals surface area (Å²) in [6, 6.07) is 15.1. The normalized spacial score (nSPS) is 15.5. The Morgan fingerprint density at radius 1 is 1.25 bits per heavy atom. The molecule has 1 heterocycles. The standard InChI is InChI=1S/C19H22N2O3/c1-13(20-14(2)22)15-6-8-18(9-7-15)24-19-11-21(12-19)16-4-3-5-17(23)10-16/h3-10,13,19,23H,11-12H2,1-2H3,(H,20,22). The van der Waals surface area contributed by atoms with Crippen LogP contribution in [0.2, 0.25) is 0 Å². The van der Waals surface area contributed by atoms with E-state index in [0.717, 1.165) is 30.1 Å². The molecule has 2 aromatic carbocycles. The molecule has 24 heavy (non-hydrogen) atoms. The molecule has 126 valence electrons. The zero-order valence-electron chi connectivity index (χ0n) is 13.9. The second-order valence-electron chi connectivity index (χ2n) is 6.16. The molecular weight excluding hydrogens is 304 g/mol. The second kappa shape index (κ2) is 6.83. The van der Waals surface area contributed by atoms with Crippen LogP contribution in [0.3, 0.4) is 0 Å². The van der Waals surface area contributed by atoms with Crippen LogP contribution in [0.1, 0.15) is 25.5 Å². The number of benzene rings is 2. The molecule has 0 saturated carbocycles. The molecule has 1 fully saturated rings. The number of rotatable bonds is 5. The Morgan fingerprint density at radius 3 is 2.58 bits per heavy atom. The molecular formula is C19H22N2O3. The van der Waals surface area contributed by atoms with Crippen LogP contribution in [0.15, 0.2) is 48.5 Å². The van der Waals surface area contributed by atoms with Crippen LogP contribution in [0.25, 0.3) is 0 Å². The molecule has 0 aliphatic carbocycles. The summed E-state index contributed by atoms with van der Waals surface area (Å²) in [6.07, 6.45) is 0.144. The first kappa shape index (κ1) is 16.2. The van der Waals surface area contributed by atoms with Crippen molar-refractivity contribution in [2.45, 2.75) is 26.0 Å². The van der Waals surface area contributed by atoms with Crippen molar-refractivity contribution < 1.29 is 14.6 Å². The van der Waals surface area contributed by atoms with Crippen molar-refractivity contribution in [2.24, 2.45) is 0 Å². The number of anilines is 1. The maximum absolute atomic E-state index is 11.1. The van der Waals surface area contributed by atoms with Crippen molar-refractivity contribution in [3.8, 4) is 11.5 Å².